The van der Waals surface area contributed by atoms with Gasteiger partial charge < -0.3 is 4.74 Å². The number of imide groups is 1. The van der Waals surface area contributed by atoms with E-state index in [0.717, 1.165) is 39.2 Å². The zero-order valence-electron chi connectivity index (χ0n) is 18.1. The van der Waals surface area contributed by atoms with Crippen molar-refractivity contribution in [3.8, 4) is 5.75 Å². The summed E-state index contributed by atoms with van der Waals surface area (Å²) >= 11 is 0.941. The van der Waals surface area contributed by atoms with Crippen LogP contribution in [0.2, 0.25) is 0 Å². The Morgan fingerprint density at radius 2 is 1.65 bits per heavy atom. The summed E-state index contributed by atoms with van der Waals surface area (Å²) in [5.41, 5.74) is 2.53. The van der Waals surface area contributed by atoms with Crippen LogP contribution in [0.25, 0.3) is 16.8 Å². The molecule has 0 N–H and O–H groups in total. The van der Waals surface area contributed by atoms with Crippen LogP contribution >= 0.6 is 11.8 Å². The minimum absolute atomic E-state index is 0.226. The monoisotopic (exact) mass is 469 g/mol. The summed E-state index contributed by atoms with van der Waals surface area (Å²) in [6, 6.07) is 27.2. The van der Waals surface area contributed by atoms with E-state index in [1.807, 2.05) is 66.7 Å². The van der Waals surface area contributed by atoms with Crippen molar-refractivity contribution in [3.63, 3.8) is 0 Å². The highest BCUT2D eigenvalue weighted by Gasteiger charge is 2.35. The molecule has 0 radical (unpaired) electrons. The molecule has 1 aliphatic rings. The molecule has 4 aromatic rings. The van der Waals surface area contributed by atoms with Gasteiger partial charge in [0.05, 0.1) is 11.4 Å². The van der Waals surface area contributed by atoms with E-state index >= 15 is 0 Å². The summed E-state index contributed by atoms with van der Waals surface area (Å²) in [6.45, 7) is 0.523. The molecule has 0 bridgehead atoms. The van der Waals surface area contributed by atoms with E-state index in [-0.39, 0.29) is 23.5 Å². The summed E-state index contributed by atoms with van der Waals surface area (Å²) < 4.78 is 18.9. The molecule has 1 heterocycles. The van der Waals surface area contributed by atoms with Crippen LogP contribution in [-0.4, -0.2) is 16.0 Å². The molecule has 1 fully saturated rings. The fraction of sp³-hybridized carbons (Fsp3) is 0.0714. The highest BCUT2D eigenvalue weighted by molar-refractivity contribution is 8.18. The van der Waals surface area contributed by atoms with Crippen molar-refractivity contribution < 1.29 is 18.7 Å². The molecule has 0 spiro atoms. The average molecular weight is 470 g/mol. The summed E-state index contributed by atoms with van der Waals surface area (Å²) in [6.07, 6.45) is 1.71. The number of benzene rings is 4. The number of carbonyl (C=O) groups excluding carboxylic acids is 2. The first kappa shape index (κ1) is 21.9. The van der Waals surface area contributed by atoms with Gasteiger partial charge in [-0.25, -0.2) is 4.39 Å². The van der Waals surface area contributed by atoms with Crippen molar-refractivity contribution in [1.29, 1.82) is 0 Å². The molecule has 5 rings (SSSR count). The number of rotatable bonds is 6. The highest BCUT2D eigenvalue weighted by atomic mass is 32.2. The Morgan fingerprint density at radius 1 is 0.882 bits per heavy atom. The van der Waals surface area contributed by atoms with Gasteiger partial charge in [0.25, 0.3) is 11.1 Å². The van der Waals surface area contributed by atoms with Crippen molar-refractivity contribution in [3.05, 3.63) is 118 Å². The van der Waals surface area contributed by atoms with Gasteiger partial charge in [-0.3, -0.25) is 14.5 Å². The molecule has 34 heavy (non-hydrogen) atoms. The second-order valence-electron chi connectivity index (χ2n) is 7.89. The largest absolute Gasteiger partial charge is 0.489 e. The maximum absolute atomic E-state index is 13.1. The lowest BCUT2D eigenvalue weighted by Gasteiger charge is -2.14. The third kappa shape index (κ3) is 4.72. The number of hydrogen-bond acceptors (Lipinski definition) is 4. The minimum Gasteiger partial charge on any atom is -0.489 e. The molecule has 1 aliphatic heterocycles. The maximum atomic E-state index is 13.1. The molecule has 168 valence electrons. The summed E-state index contributed by atoms with van der Waals surface area (Å²) in [5.74, 6) is 0.0220. The van der Waals surface area contributed by atoms with Crippen molar-refractivity contribution in [2.24, 2.45) is 0 Å². The zero-order valence-corrected chi connectivity index (χ0v) is 18.9. The first-order chi connectivity index (χ1) is 16.6. The second kappa shape index (κ2) is 9.53. The van der Waals surface area contributed by atoms with Gasteiger partial charge in [0.1, 0.15) is 18.2 Å². The van der Waals surface area contributed by atoms with E-state index in [4.69, 9.17) is 4.74 Å². The molecule has 4 nitrogen and oxygen atoms in total. The number of fused-ring (bicyclic) bond motifs is 1. The van der Waals surface area contributed by atoms with E-state index in [9.17, 15) is 14.0 Å². The lowest BCUT2D eigenvalue weighted by molar-refractivity contribution is -0.123. The standard InChI is InChI=1S/C28H20FNO3S/c29-23-13-11-19(12-14-23)18-33-24-9-3-5-20(15-24)16-26-27(31)30(28(32)34-26)17-22-8-4-7-21-6-1-2-10-25(21)22/h1-16H,17-18H2/b26-16+. The van der Waals surface area contributed by atoms with Gasteiger partial charge in [0, 0.05) is 0 Å². The van der Waals surface area contributed by atoms with Crippen LogP contribution in [0.1, 0.15) is 16.7 Å². The summed E-state index contributed by atoms with van der Waals surface area (Å²) in [4.78, 5) is 27.4. The van der Waals surface area contributed by atoms with Crippen LogP contribution in [0.15, 0.2) is 95.9 Å². The Morgan fingerprint density at radius 3 is 2.50 bits per heavy atom. The first-order valence-corrected chi connectivity index (χ1v) is 11.6. The van der Waals surface area contributed by atoms with E-state index in [2.05, 4.69) is 0 Å². The molecule has 0 saturated carbocycles. The molecule has 0 aromatic heterocycles. The summed E-state index contributed by atoms with van der Waals surface area (Å²) in [7, 11) is 0. The smallest absolute Gasteiger partial charge is 0.293 e. The molecule has 0 atom stereocenters. The quantitative estimate of drug-likeness (QED) is 0.292. The predicted octanol–water partition coefficient (Wildman–Crippen LogP) is 6.79. The van der Waals surface area contributed by atoms with Gasteiger partial charge in [0.15, 0.2) is 0 Å². The first-order valence-electron chi connectivity index (χ1n) is 10.8. The molecule has 4 aromatic carbocycles. The molecule has 2 amide bonds. The maximum Gasteiger partial charge on any atom is 0.293 e. The Labute approximate surface area is 200 Å². The summed E-state index contributed by atoms with van der Waals surface area (Å²) in [5, 5.41) is 1.81. The predicted molar refractivity (Wildman–Crippen MR) is 133 cm³/mol. The molecule has 0 aliphatic carbocycles. The highest BCUT2D eigenvalue weighted by Crippen LogP contribution is 2.34. The third-order valence-electron chi connectivity index (χ3n) is 5.56. The van der Waals surface area contributed by atoms with Gasteiger partial charge in [-0.1, -0.05) is 66.7 Å². The van der Waals surface area contributed by atoms with E-state index in [1.54, 1.807) is 18.2 Å². The van der Waals surface area contributed by atoms with E-state index in [1.165, 1.54) is 17.0 Å². The van der Waals surface area contributed by atoms with E-state index in [0.29, 0.717) is 17.3 Å². The number of amides is 2. The van der Waals surface area contributed by atoms with Gasteiger partial charge in [-0.15, -0.1) is 0 Å². The van der Waals surface area contributed by atoms with Gasteiger partial charge >= 0.3 is 0 Å². The lowest BCUT2D eigenvalue weighted by Crippen LogP contribution is -2.27. The van der Waals surface area contributed by atoms with Crippen molar-refractivity contribution >= 4 is 39.8 Å². The number of hydrogen-bond donors (Lipinski definition) is 0. The lowest BCUT2D eigenvalue weighted by atomic mass is 10.0. The van der Waals surface area contributed by atoms with Gasteiger partial charge in [0.2, 0.25) is 0 Å². The van der Waals surface area contributed by atoms with Crippen molar-refractivity contribution in [2.75, 3.05) is 0 Å². The molecule has 1 saturated heterocycles. The molecular formula is C28H20FNO3S. The Kier molecular flexibility index (Phi) is 6.14. The normalized spacial score (nSPS) is 14.9. The fourth-order valence-corrected chi connectivity index (χ4v) is 4.67. The van der Waals surface area contributed by atoms with Crippen LogP contribution < -0.4 is 4.74 Å². The van der Waals surface area contributed by atoms with Gasteiger partial charge in [-0.05, 0) is 69.6 Å². The Bertz CT molecular complexity index is 1410. The molecular weight excluding hydrogens is 449 g/mol. The number of ether oxygens (including phenoxy) is 1. The zero-order chi connectivity index (χ0) is 23.5. The van der Waals surface area contributed by atoms with Crippen LogP contribution in [0.5, 0.6) is 5.75 Å². The van der Waals surface area contributed by atoms with Crippen LogP contribution in [0, 0.1) is 5.82 Å². The number of thioether (sulfide) groups is 1. The Hall–Kier alpha value is -3.90. The van der Waals surface area contributed by atoms with Crippen LogP contribution in [0.3, 0.4) is 0 Å². The van der Waals surface area contributed by atoms with Crippen molar-refractivity contribution in [2.45, 2.75) is 13.2 Å². The van der Waals surface area contributed by atoms with E-state index < -0.39 is 0 Å². The number of nitrogens with zero attached hydrogens (tertiary/aromatic N) is 1. The fourth-order valence-electron chi connectivity index (χ4n) is 3.83. The number of halogens is 1. The SMILES string of the molecule is O=C1S/C(=C/c2cccc(OCc3ccc(F)cc3)c2)C(=O)N1Cc1cccc2ccccc12. The van der Waals surface area contributed by atoms with Gasteiger partial charge in [-0.2, -0.15) is 0 Å². The second-order valence-corrected chi connectivity index (χ2v) is 8.89. The Balaban J connectivity index is 1.31. The van der Waals surface area contributed by atoms with Crippen molar-refractivity contribution in [1.82, 2.24) is 4.90 Å². The van der Waals surface area contributed by atoms with Crippen LogP contribution in [0.4, 0.5) is 9.18 Å². The number of carbonyl (C=O) groups is 2. The third-order valence-corrected chi connectivity index (χ3v) is 6.46. The molecule has 0 unspecified atom stereocenters. The average Bonchev–Trinajstić information content (AvgIpc) is 3.11. The molecule has 6 heteroatoms. The minimum atomic E-state index is -0.305. The van der Waals surface area contributed by atoms with Crippen LogP contribution in [-0.2, 0) is 17.9 Å². The topological polar surface area (TPSA) is 46.6 Å².